The summed E-state index contributed by atoms with van der Waals surface area (Å²) in [6.45, 7) is 6.60. The Hall–Kier alpha value is -4.58. The third-order valence-corrected chi connectivity index (χ3v) is 7.71. The van der Waals surface area contributed by atoms with Gasteiger partial charge in [0.15, 0.2) is 6.61 Å². The van der Waals surface area contributed by atoms with Crippen molar-refractivity contribution in [2.75, 3.05) is 13.1 Å². The Bertz CT molecular complexity index is 1790. The largest absolute Gasteiger partial charge is 0.528 e. The monoisotopic (exact) mass is 643 g/mol. The lowest BCUT2D eigenvalue weighted by Crippen LogP contribution is -2.45. The van der Waals surface area contributed by atoms with Crippen LogP contribution in [0.25, 0.3) is 22.2 Å². The van der Waals surface area contributed by atoms with Gasteiger partial charge in [-0.1, -0.05) is 65.3 Å². The molecule has 2 aromatic heterocycles. The Morgan fingerprint density at radius 1 is 1.00 bits per heavy atom. The lowest BCUT2D eigenvalue weighted by atomic mass is 9.89. The Labute approximate surface area is 271 Å². The summed E-state index contributed by atoms with van der Waals surface area (Å²) in [4.78, 5) is 31.1. The second-order valence-corrected chi connectivity index (χ2v) is 12.4. The molecule has 11 nitrogen and oxygen atoms in total. The van der Waals surface area contributed by atoms with Crippen LogP contribution >= 0.6 is 11.6 Å². The van der Waals surface area contributed by atoms with Crippen molar-refractivity contribution in [1.82, 2.24) is 25.2 Å². The molecule has 1 aliphatic heterocycles. The Balaban J connectivity index is 1.12. The van der Waals surface area contributed by atoms with Crippen LogP contribution in [0.2, 0.25) is 5.02 Å². The van der Waals surface area contributed by atoms with E-state index in [-0.39, 0.29) is 30.5 Å². The topological polar surface area (TPSA) is 122 Å². The van der Waals surface area contributed by atoms with E-state index >= 15 is 0 Å². The Morgan fingerprint density at radius 2 is 1.76 bits per heavy atom. The van der Waals surface area contributed by atoms with E-state index in [9.17, 15) is 4.79 Å². The molecule has 0 aliphatic carbocycles. The minimum atomic E-state index is -0.746. The van der Waals surface area contributed by atoms with Crippen molar-refractivity contribution in [1.29, 1.82) is 0 Å². The number of fused-ring (bicyclic) bond motifs is 1. The van der Waals surface area contributed by atoms with Gasteiger partial charge in [-0.05, 0) is 67.3 Å². The number of rotatable bonds is 9. The summed E-state index contributed by atoms with van der Waals surface area (Å²) in [5.74, 6) is 0.585. The molecule has 46 heavy (non-hydrogen) atoms. The number of ether oxygens (including phenoxy) is 3. The van der Waals surface area contributed by atoms with Crippen LogP contribution in [0.4, 0.5) is 4.79 Å². The summed E-state index contributed by atoms with van der Waals surface area (Å²) in [5, 5.41) is 8.41. The molecule has 0 saturated carbocycles. The van der Waals surface area contributed by atoms with Gasteiger partial charge >= 0.3 is 12.2 Å². The smallest absolute Gasteiger partial charge is 0.453 e. The zero-order valence-corrected chi connectivity index (χ0v) is 26.5. The van der Waals surface area contributed by atoms with Crippen molar-refractivity contribution in [2.45, 2.75) is 58.0 Å². The Morgan fingerprint density at radius 3 is 2.54 bits per heavy atom. The van der Waals surface area contributed by atoms with Crippen LogP contribution in [-0.4, -0.2) is 56.1 Å². The molecule has 5 aromatic rings. The van der Waals surface area contributed by atoms with Gasteiger partial charge in [-0.15, -0.1) is 5.06 Å². The predicted octanol–water partition coefficient (Wildman–Crippen LogP) is 7.15. The van der Waals surface area contributed by atoms with Gasteiger partial charge < -0.3 is 23.6 Å². The van der Waals surface area contributed by atoms with Crippen molar-refractivity contribution < 1.29 is 28.4 Å². The van der Waals surface area contributed by atoms with E-state index in [2.05, 4.69) is 50.4 Å². The molecule has 3 aromatic carbocycles. The third kappa shape index (κ3) is 7.97. The first-order chi connectivity index (χ1) is 22.2. The fourth-order valence-corrected chi connectivity index (χ4v) is 5.43. The van der Waals surface area contributed by atoms with E-state index in [0.29, 0.717) is 42.5 Å². The first-order valence-electron chi connectivity index (χ1n) is 15.0. The van der Waals surface area contributed by atoms with Crippen molar-refractivity contribution in [3.8, 4) is 17.4 Å². The van der Waals surface area contributed by atoms with Gasteiger partial charge in [0, 0.05) is 30.4 Å². The summed E-state index contributed by atoms with van der Waals surface area (Å²) < 4.78 is 22.9. The van der Waals surface area contributed by atoms with E-state index in [0.717, 1.165) is 16.5 Å². The van der Waals surface area contributed by atoms with E-state index in [4.69, 9.17) is 35.2 Å². The summed E-state index contributed by atoms with van der Waals surface area (Å²) in [5.41, 5.74) is 1.93. The molecular weight excluding hydrogens is 610 g/mol. The molecule has 0 N–H and O–H groups in total. The SMILES string of the molecule is CC(C)(C)OC(=O)ON1CCC(c2cnc(OCc3nc(-c4ccccc4Cl)no3)nc2)C(OCc2ccc3ccccc3c2)C1. The maximum Gasteiger partial charge on any atom is 0.528 e. The van der Waals surface area contributed by atoms with E-state index in [1.54, 1.807) is 44.3 Å². The molecule has 12 heteroatoms. The number of nitrogens with zero attached hydrogens (tertiary/aromatic N) is 5. The van der Waals surface area contributed by atoms with Crippen molar-refractivity contribution in [3.63, 3.8) is 0 Å². The Kier molecular flexibility index (Phi) is 9.43. The van der Waals surface area contributed by atoms with E-state index in [1.165, 1.54) is 5.39 Å². The number of hydrogen-bond donors (Lipinski definition) is 0. The molecule has 0 bridgehead atoms. The van der Waals surface area contributed by atoms with Crippen LogP contribution in [0.15, 0.2) is 83.6 Å². The lowest BCUT2D eigenvalue weighted by molar-refractivity contribution is -0.179. The molecule has 0 spiro atoms. The quantitative estimate of drug-likeness (QED) is 0.152. The van der Waals surface area contributed by atoms with Gasteiger partial charge in [0.1, 0.15) is 5.60 Å². The molecule has 0 amide bonds. The summed E-state index contributed by atoms with van der Waals surface area (Å²) >= 11 is 6.24. The summed E-state index contributed by atoms with van der Waals surface area (Å²) in [7, 11) is 0. The minimum Gasteiger partial charge on any atom is -0.453 e. The molecule has 238 valence electrons. The normalized spacial score (nSPS) is 17.1. The van der Waals surface area contributed by atoms with Gasteiger partial charge in [0.2, 0.25) is 5.82 Å². The molecule has 3 heterocycles. The van der Waals surface area contributed by atoms with Crippen LogP contribution in [-0.2, 0) is 27.5 Å². The summed E-state index contributed by atoms with van der Waals surface area (Å²) in [6, 6.07) is 21.9. The molecule has 1 saturated heterocycles. The highest BCUT2D eigenvalue weighted by Gasteiger charge is 2.34. The number of benzene rings is 3. The van der Waals surface area contributed by atoms with Crippen LogP contribution in [0.1, 0.15) is 50.1 Å². The fourth-order valence-electron chi connectivity index (χ4n) is 5.21. The molecule has 0 radical (unpaired) electrons. The molecule has 2 atom stereocenters. The third-order valence-electron chi connectivity index (χ3n) is 7.38. The highest BCUT2D eigenvalue weighted by molar-refractivity contribution is 6.33. The molecule has 1 aliphatic rings. The van der Waals surface area contributed by atoms with Crippen molar-refractivity contribution in [2.24, 2.45) is 0 Å². The standard InChI is InChI=1S/C34H34ClN5O6/c1-34(2,3)44-33(41)46-40-15-14-26(29(19-40)42-20-22-12-13-23-8-4-5-9-24(23)16-22)25-17-36-32(37-18-25)43-21-30-38-31(39-45-30)27-10-6-7-11-28(27)35/h4-13,16-18,26,29H,14-15,19-21H2,1-3H3. The average molecular weight is 644 g/mol. The van der Waals surface area contributed by atoms with Gasteiger partial charge in [0.05, 0.1) is 24.3 Å². The predicted molar refractivity (Wildman–Crippen MR) is 170 cm³/mol. The number of carbonyl (C=O) groups is 1. The van der Waals surface area contributed by atoms with Crippen molar-refractivity contribution >= 4 is 28.5 Å². The van der Waals surface area contributed by atoms with Crippen LogP contribution in [0.3, 0.4) is 0 Å². The number of hydrogen-bond acceptors (Lipinski definition) is 11. The number of piperidine rings is 1. The molecule has 1 fully saturated rings. The van der Waals surface area contributed by atoms with Gasteiger partial charge in [-0.2, -0.15) is 4.98 Å². The molecule has 2 unspecified atom stereocenters. The first kappa shape index (κ1) is 31.4. The second-order valence-electron chi connectivity index (χ2n) is 11.9. The lowest BCUT2D eigenvalue weighted by Gasteiger charge is -2.37. The fraction of sp³-hybridized carbons (Fsp3) is 0.324. The number of aromatic nitrogens is 4. The molecule has 6 rings (SSSR count). The maximum atomic E-state index is 12.4. The summed E-state index contributed by atoms with van der Waals surface area (Å²) in [6.07, 6.45) is 3.03. The minimum absolute atomic E-state index is 0.00527. The van der Waals surface area contributed by atoms with Gasteiger partial charge in [-0.25, -0.2) is 14.8 Å². The second kappa shape index (κ2) is 13.8. The number of hydroxylamine groups is 2. The van der Waals surface area contributed by atoms with E-state index in [1.807, 2.05) is 30.3 Å². The van der Waals surface area contributed by atoms with Crippen molar-refractivity contribution in [3.05, 3.63) is 101 Å². The highest BCUT2D eigenvalue weighted by atomic mass is 35.5. The van der Waals surface area contributed by atoms with E-state index < -0.39 is 11.8 Å². The maximum absolute atomic E-state index is 12.4. The van der Waals surface area contributed by atoms with Crippen LogP contribution in [0.5, 0.6) is 6.01 Å². The zero-order chi connectivity index (χ0) is 32.1. The molecular formula is C34H34ClN5O6. The number of carbonyl (C=O) groups excluding carboxylic acids is 1. The van der Waals surface area contributed by atoms with Gasteiger partial charge in [-0.3, -0.25) is 0 Å². The van der Waals surface area contributed by atoms with Crippen LogP contribution < -0.4 is 4.74 Å². The van der Waals surface area contributed by atoms with Crippen LogP contribution in [0, 0.1) is 0 Å². The highest BCUT2D eigenvalue weighted by Crippen LogP contribution is 2.32. The zero-order valence-electron chi connectivity index (χ0n) is 25.8. The number of halogens is 1. The van der Waals surface area contributed by atoms with Gasteiger partial charge in [0.25, 0.3) is 5.89 Å². The average Bonchev–Trinajstić information content (AvgIpc) is 3.51. The first-order valence-corrected chi connectivity index (χ1v) is 15.4.